The van der Waals surface area contributed by atoms with Crippen molar-refractivity contribution in [2.24, 2.45) is 0 Å². The second kappa shape index (κ2) is 9.89. The van der Waals surface area contributed by atoms with Crippen molar-refractivity contribution in [1.29, 1.82) is 0 Å². The van der Waals surface area contributed by atoms with E-state index in [1.807, 2.05) is 0 Å². The van der Waals surface area contributed by atoms with Crippen LogP contribution in [0.25, 0.3) is 0 Å². The van der Waals surface area contributed by atoms with Gasteiger partial charge in [0.2, 0.25) is 0 Å². The summed E-state index contributed by atoms with van der Waals surface area (Å²) in [6.07, 6.45) is 5.23. The van der Waals surface area contributed by atoms with Crippen LogP contribution in [0.15, 0.2) is 18.2 Å². The molecule has 1 aromatic rings. The van der Waals surface area contributed by atoms with Crippen LogP contribution in [-0.2, 0) is 6.54 Å². The van der Waals surface area contributed by atoms with Gasteiger partial charge >= 0.3 is 0 Å². The quantitative estimate of drug-likeness (QED) is 0.665. The lowest BCUT2D eigenvalue weighted by Gasteiger charge is -2.16. The average molecular weight is 277 g/mol. The summed E-state index contributed by atoms with van der Waals surface area (Å²) in [5.41, 5.74) is 2.28. The Morgan fingerprint density at radius 3 is 2.60 bits per heavy atom. The minimum Gasteiger partial charge on any atom is -0.315 e. The molecule has 0 saturated heterocycles. The number of aryl methyl sites for hydroxylation is 1. The summed E-state index contributed by atoms with van der Waals surface area (Å²) in [6.45, 7) is 9.72. The molecule has 0 unspecified atom stereocenters. The molecule has 1 heterocycles. The van der Waals surface area contributed by atoms with Crippen LogP contribution in [0.1, 0.15) is 50.9 Å². The lowest BCUT2D eigenvalue weighted by atomic mass is 10.2. The van der Waals surface area contributed by atoms with Crippen LogP contribution in [0, 0.1) is 6.92 Å². The molecular weight excluding hydrogens is 246 g/mol. The van der Waals surface area contributed by atoms with Crippen molar-refractivity contribution < 1.29 is 0 Å². The fraction of sp³-hybridized carbons (Fsp3) is 0.706. The summed E-state index contributed by atoms with van der Waals surface area (Å²) in [6, 6.07) is 6.87. The molecule has 0 aromatic carbocycles. The van der Waals surface area contributed by atoms with Crippen LogP contribution >= 0.6 is 0 Å². The van der Waals surface area contributed by atoms with Crippen molar-refractivity contribution in [2.45, 2.75) is 59.0 Å². The largest absolute Gasteiger partial charge is 0.315 e. The summed E-state index contributed by atoms with van der Waals surface area (Å²) in [5.74, 6) is 0. The van der Waals surface area contributed by atoms with E-state index >= 15 is 0 Å². The van der Waals surface area contributed by atoms with Crippen molar-refractivity contribution >= 4 is 0 Å². The highest BCUT2D eigenvalue weighted by molar-refractivity contribution is 5.09. The Morgan fingerprint density at radius 1 is 1.15 bits per heavy atom. The second-order valence-corrected chi connectivity index (χ2v) is 6.03. The van der Waals surface area contributed by atoms with E-state index in [1.165, 1.54) is 31.4 Å². The Balaban J connectivity index is 2.04. The monoisotopic (exact) mass is 277 g/mol. The Kier molecular flexibility index (Phi) is 8.47. The number of rotatable bonds is 10. The fourth-order valence-electron chi connectivity index (χ4n) is 2.29. The van der Waals surface area contributed by atoms with Crippen molar-refractivity contribution in [2.75, 3.05) is 20.1 Å². The molecular formula is C17H31N3. The molecule has 1 N–H and O–H groups in total. The minimum atomic E-state index is 0.614. The molecule has 0 aliphatic carbocycles. The van der Waals surface area contributed by atoms with Gasteiger partial charge in [-0.05, 0) is 52.0 Å². The molecule has 3 heteroatoms. The van der Waals surface area contributed by atoms with Gasteiger partial charge in [-0.1, -0.05) is 32.8 Å². The first-order chi connectivity index (χ1) is 9.58. The SMILES string of the molecule is Cc1cccc(CN(C)CCCCCCNC(C)C)n1. The molecule has 20 heavy (non-hydrogen) atoms. The first kappa shape index (κ1) is 17.1. The third kappa shape index (κ3) is 8.28. The molecule has 0 bridgehead atoms. The molecule has 1 aromatic heterocycles. The predicted molar refractivity (Wildman–Crippen MR) is 86.9 cm³/mol. The fourth-order valence-corrected chi connectivity index (χ4v) is 2.29. The highest BCUT2D eigenvalue weighted by Gasteiger charge is 2.01. The van der Waals surface area contributed by atoms with Gasteiger partial charge in [0.15, 0.2) is 0 Å². The lowest BCUT2D eigenvalue weighted by molar-refractivity contribution is 0.312. The van der Waals surface area contributed by atoms with Gasteiger partial charge in [0.1, 0.15) is 0 Å². The second-order valence-electron chi connectivity index (χ2n) is 6.03. The standard InChI is InChI=1S/C17H31N3/c1-15(2)18-12-7-5-6-8-13-20(4)14-17-11-9-10-16(3)19-17/h9-11,15,18H,5-8,12-14H2,1-4H3. The highest BCUT2D eigenvalue weighted by atomic mass is 15.1. The first-order valence-corrected chi connectivity index (χ1v) is 7.92. The summed E-state index contributed by atoms with van der Waals surface area (Å²) in [7, 11) is 2.18. The number of aromatic nitrogens is 1. The number of hydrogen-bond acceptors (Lipinski definition) is 3. The van der Waals surface area contributed by atoms with Crippen LogP contribution < -0.4 is 5.32 Å². The number of hydrogen-bond donors (Lipinski definition) is 1. The minimum absolute atomic E-state index is 0.614. The van der Waals surface area contributed by atoms with Gasteiger partial charge in [-0.3, -0.25) is 4.98 Å². The maximum absolute atomic E-state index is 4.55. The van der Waals surface area contributed by atoms with E-state index in [2.05, 4.69) is 61.2 Å². The van der Waals surface area contributed by atoms with E-state index in [-0.39, 0.29) is 0 Å². The molecule has 3 nitrogen and oxygen atoms in total. The van der Waals surface area contributed by atoms with Crippen LogP contribution in [-0.4, -0.2) is 36.1 Å². The zero-order chi connectivity index (χ0) is 14.8. The van der Waals surface area contributed by atoms with E-state index in [1.54, 1.807) is 0 Å². The van der Waals surface area contributed by atoms with Gasteiger partial charge in [-0.25, -0.2) is 0 Å². The molecule has 0 fully saturated rings. The molecule has 0 radical (unpaired) electrons. The average Bonchev–Trinajstić information content (AvgIpc) is 2.37. The molecule has 0 atom stereocenters. The van der Waals surface area contributed by atoms with Crippen molar-refractivity contribution in [3.8, 4) is 0 Å². The van der Waals surface area contributed by atoms with Gasteiger partial charge in [0, 0.05) is 18.3 Å². The third-order valence-corrected chi connectivity index (χ3v) is 3.40. The summed E-state index contributed by atoms with van der Waals surface area (Å²) >= 11 is 0. The zero-order valence-electron chi connectivity index (χ0n) is 13.7. The molecule has 0 saturated carbocycles. The number of nitrogens with zero attached hydrogens (tertiary/aromatic N) is 2. The van der Waals surface area contributed by atoms with E-state index in [4.69, 9.17) is 0 Å². The smallest absolute Gasteiger partial charge is 0.0547 e. The molecule has 114 valence electrons. The Morgan fingerprint density at radius 2 is 1.90 bits per heavy atom. The number of nitrogens with one attached hydrogen (secondary N) is 1. The molecule has 0 amide bonds. The Labute approximate surface area is 124 Å². The van der Waals surface area contributed by atoms with Crippen LogP contribution in [0.4, 0.5) is 0 Å². The van der Waals surface area contributed by atoms with Crippen molar-refractivity contribution in [1.82, 2.24) is 15.2 Å². The van der Waals surface area contributed by atoms with Gasteiger partial charge in [0.05, 0.1) is 5.69 Å². The Bertz CT molecular complexity index is 363. The molecule has 0 aliphatic heterocycles. The van der Waals surface area contributed by atoms with Crippen LogP contribution in [0.3, 0.4) is 0 Å². The molecule has 0 spiro atoms. The van der Waals surface area contributed by atoms with Crippen molar-refractivity contribution in [3.05, 3.63) is 29.6 Å². The van der Waals surface area contributed by atoms with Gasteiger partial charge in [0.25, 0.3) is 0 Å². The highest BCUT2D eigenvalue weighted by Crippen LogP contribution is 2.05. The van der Waals surface area contributed by atoms with Crippen molar-refractivity contribution in [3.63, 3.8) is 0 Å². The Hall–Kier alpha value is -0.930. The van der Waals surface area contributed by atoms with E-state index in [9.17, 15) is 0 Å². The first-order valence-electron chi connectivity index (χ1n) is 7.92. The maximum Gasteiger partial charge on any atom is 0.0547 e. The lowest BCUT2D eigenvalue weighted by Crippen LogP contribution is -2.23. The zero-order valence-corrected chi connectivity index (χ0v) is 13.7. The van der Waals surface area contributed by atoms with E-state index in [0.29, 0.717) is 6.04 Å². The van der Waals surface area contributed by atoms with Gasteiger partial charge in [-0.2, -0.15) is 0 Å². The maximum atomic E-state index is 4.55. The van der Waals surface area contributed by atoms with E-state index < -0.39 is 0 Å². The molecule has 1 rings (SSSR count). The summed E-state index contributed by atoms with van der Waals surface area (Å²) in [4.78, 5) is 6.92. The van der Waals surface area contributed by atoms with Gasteiger partial charge in [-0.15, -0.1) is 0 Å². The normalized spacial score (nSPS) is 11.5. The molecule has 0 aliphatic rings. The topological polar surface area (TPSA) is 28.2 Å². The summed E-state index contributed by atoms with van der Waals surface area (Å²) < 4.78 is 0. The van der Waals surface area contributed by atoms with Crippen LogP contribution in [0.2, 0.25) is 0 Å². The van der Waals surface area contributed by atoms with Crippen LogP contribution in [0.5, 0.6) is 0 Å². The number of unbranched alkanes of at least 4 members (excludes halogenated alkanes) is 3. The predicted octanol–water partition coefficient (Wildman–Crippen LogP) is 3.38. The van der Waals surface area contributed by atoms with E-state index in [0.717, 1.165) is 25.3 Å². The van der Waals surface area contributed by atoms with Gasteiger partial charge < -0.3 is 10.2 Å². The summed E-state index contributed by atoms with van der Waals surface area (Å²) in [5, 5.41) is 3.46. The number of pyridine rings is 1. The third-order valence-electron chi connectivity index (χ3n) is 3.40.